The van der Waals surface area contributed by atoms with Gasteiger partial charge in [0.05, 0.1) is 6.04 Å². The fourth-order valence-electron chi connectivity index (χ4n) is 0.623. The van der Waals surface area contributed by atoms with E-state index in [1.807, 2.05) is 0 Å². The second-order valence-electron chi connectivity index (χ2n) is 2.90. The van der Waals surface area contributed by atoms with Gasteiger partial charge in [0.25, 0.3) is 0 Å². The molecule has 0 amide bonds. The predicted molar refractivity (Wildman–Crippen MR) is 54.2 cm³/mol. The van der Waals surface area contributed by atoms with Crippen LogP contribution in [-0.2, 0) is 0 Å². The molecule has 3 nitrogen and oxygen atoms in total. The summed E-state index contributed by atoms with van der Waals surface area (Å²) in [5.41, 5.74) is 9.47. The van der Waals surface area contributed by atoms with Gasteiger partial charge in [-0.2, -0.15) is 13.2 Å². The first-order valence-corrected chi connectivity index (χ1v) is 4.28. The van der Waals surface area contributed by atoms with Crippen molar-refractivity contribution in [3.8, 4) is 0 Å². The summed E-state index contributed by atoms with van der Waals surface area (Å²) in [7, 11) is 0. The zero-order valence-corrected chi connectivity index (χ0v) is 8.55. The molecule has 86 valence electrons. The fraction of sp³-hybridized carbons (Fsp3) is 0.444. The van der Waals surface area contributed by atoms with Crippen LogP contribution in [0.3, 0.4) is 0 Å². The van der Waals surface area contributed by atoms with Gasteiger partial charge in [0.15, 0.2) is 0 Å². The number of hydrogen-bond acceptors (Lipinski definition) is 2. The van der Waals surface area contributed by atoms with Crippen LogP contribution in [0.5, 0.6) is 0 Å². The first-order valence-electron chi connectivity index (χ1n) is 4.28. The van der Waals surface area contributed by atoms with Gasteiger partial charge in [-0.05, 0) is 19.9 Å². The van der Waals surface area contributed by atoms with Crippen LogP contribution in [0.2, 0.25) is 0 Å². The number of alkyl halides is 3. The monoisotopic (exact) mass is 221 g/mol. The van der Waals surface area contributed by atoms with Crippen molar-refractivity contribution < 1.29 is 13.2 Å². The number of rotatable bonds is 3. The highest BCUT2D eigenvalue weighted by molar-refractivity contribution is 5.86. The summed E-state index contributed by atoms with van der Waals surface area (Å²) < 4.78 is 37.1. The zero-order valence-electron chi connectivity index (χ0n) is 8.55. The summed E-state index contributed by atoms with van der Waals surface area (Å²) in [4.78, 5) is 3.24. The van der Waals surface area contributed by atoms with E-state index in [1.165, 1.54) is 19.1 Å². The third-order valence-electron chi connectivity index (χ3n) is 1.45. The molecule has 0 aromatic rings. The van der Waals surface area contributed by atoms with Crippen LogP contribution >= 0.6 is 0 Å². The molecule has 0 saturated carbocycles. The Hall–Kier alpha value is -1.30. The van der Waals surface area contributed by atoms with Crippen molar-refractivity contribution in [3.63, 3.8) is 0 Å². The minimum absolute atomic E-state index is 0.247. The van der Waals surface area contributed by atoms with E-state index in [9.17, 15) is 13.2 Å². The second-order valence-corrected chi connectivity index (χ2v) is 2.90. The highest BCUT2D eigenvalue weighted by atomic mass is 19.4. The summed E-state index contributed by atoms with van der Waals surface area (Å²) in [5, 5.41) is 0. The average Bonchev–Trinajstić information content (AvgIpc) is 2.09. The molecule has 0 aliphatic carbocycles. The van der Waals surface area contributed by atoms with Gasteiger partial charge in [-0.3, -0.25) is 0 Å². The maximum atomic E-state index is 12.4. The number of allylic oxidation sites excluding steroid dienone is 4. The molecule has 0 aromatic carbocycles. The van der Waals surface area contributed by atoms with Crippen molar-refractivity contribution in [3.05, 3.63) is 23.9 Å². The number of nitrogens with zero attached hydrogens (tertiary/aromatic N) is 1. The van der Waals surface area contributed by atoms with Crippen molar-refractivity contribution in [1.82, 2.24) is 0 Å². The number of nitrogens with two attached hydrogens (primary N) is 2. The molecule has 0 fully saturated rings. The van der Waals surface area contributed by atoms with Gasteiger partial charge in [-0.15, -0.1) is 0 Å². The van der Waals surface area contributed by atoms with Gasteiger partial charge in [0.1, 0.15) is 11.5 Å². The lowest BCUT2D eigenvalue weighted by molar-refractivity contribution is -0.0923. The Balaban J connectivity index is 5.07. The van der Waals surface area contributed by atoms with Crippen LogP contribution < -0.4 is 11.5 Å². The van der Waals surface area contributed by atoms with E-state index < -0.39 is 17.9 Å². The Bertz CT molecular complexity index is 287. The summed E-state index contributed by atoms with van der Waals surface area (Å²) in [6.07, 6.45) is -0.988. The summed E-state index contributed by atoms with van der Waals surface area (Å²) in [5.74, 6) is -0.247. The molecule has 6 heteroatoms. The smallest absolute Gasteiger partial charge is 0.386 e. The summed E-state index contributed by atoms with van der Waals surface area (Å²) in [6, 6.07) is -0.707. The fourth-order valence-corrected chi connectivity index (χ4v) is 0.623. The Kier molecular flexibility index (Phi) is 5.07. The molecule has 0 saturated heterocycles. The number of halogens is 3. The standard InChI is InChI=1S/C9H14F3N3/c1-3-4-5-7(9(10,11)12)15-8(14)6(2)13/h3-6H,13H2,1-2H3,(H2,14,15)/b4-3-,7-5-. The van der Waals surface area contributed by atoms with Crippen LogP contribution in [0.4, 0.5) is 13.2 Å². The SMILES string of the molecule is C\C=C/C=C(\N=C(/N)C(C)N)C(F)(F)F. The predicted octanol–water partition coefficient (Wildman–Crippen LogP) is 1.71. The van der Waals surface area contributed by atoms with E-state index >= 15 is 0 Å². The molecular formula is C9H14F3N3. The lowest BCUT2D eigenvalue weighted by atomic mass is 10.3. The molecule has 0 aliphatic heterocycles. The molecule has 0 aromatic heterocycles. The molecule has 0 spiro atoms. The molecule has 0 heterocycles. The van der Waals surface area contributed by atoms with Crippen LogP contribution in [0, 0.1) is 0 Å². The van der Waals surface area contributed by atoms with Crippen molar-refractivity contribution in [2.24, 2.45) is 16.5 Å². The van der Waals surface area contributed by atoms with Gasteiger partial charge in [-0.25, -0.2) is 4.99 Å². The quantitative estimate of drug-likeness (QED) is 0.433. The van der Waals surface area contributed by atoms with Crippen LogP contribution in [0.1, 0.15) is 13.8 Å². The lowest BCUT2D eigenvalue weighted by Crippen LogP contribution is -2.34. The van der Waals surface area contributed by atoms with Gasteiger partial charge in [0.2, 0.25) is 0 Å². The van der Waals surface area contributed by atoms with Crippen molar-refractivity contribution in [2.75, 3.05) is 0 Å². The largest absolute Gasteiger partial charge is 0.433 e. The second kappa shape index (κ2) is 5.55. The first-order chi connectivity index (χ1) is 6.79. The average molecular weight is 221 g/mol. The Morgan fingerprint density at radius 3 is 2.27 bits per heavy atom. The summed E-state index contributed by atoms with van der Waals surface area (Å²) in [6.45, 7) is 3.06. The first kappa shape index (κ1) is 13.7. The molecule has 15 heavy (non-hydrogen) atoms. The lowest BCUT2D eigenvalue weighted by Gasteiger charge is -2.09. The minimum Gasteiger partial charge on any atom is -0.386 e. The van der Waals surface area contributed by atoms with Gasteiger partial charge >= 0.3 is 6.18 Å². The highest BCUT2D eigenvalue weighted by Crippen LogP contribution is 2.26. The zero-order chi connectivity index (χ0) is 12.1. The number of amidine groups is 1. The summed E-state index contributed by atoms with van der Waals surface area (Å²) >= 11 is 0. The Morgan fingerprint density at radius 2 is 1.93 bits per heavy atom. The molecule has 0 aliphatic rings. The van der Waals surface area contributed by atoms with Gasteiger partial charge in [0, 0.05) is 0 Å². The van der Waals surface area contributed by atoms with Crippen LogP contribution in [0.15, 0.2) is 28.9 Å². The Morgan fingerprint density at radius 1 is 1.40 bits per heavy atom. The normalized spacial score (nSPS) is 17.2. The molecule has 4 N–H and O–H groups in total. The molecular weight excluding hydrogens is 207 g/mol. The maximum Gasteiger partial charge on any atom is 0.433 e. The van der Waals surface area contributed by atoms with E-state index in [2.05, 4.69) is 4.99 Å². The van der Waals surface area contributed by atoms with Gasteiger partial charge < -0.3 is 11.5 Å². The molecule has 1 atom stereocenters. The maximum absolute atomic E-state index is 12.4. The van der Waals surface area contributed by atoms with Crippen molar-refractivity contribution >= 4 is 5.84 Å². The van der Waals surface area contributed by atoms with E-state index in [-0.39, 0.29) is 5.84 Å². The van der Waals surface area contributed by atoms with E-state index in [0.29, 0.717) is 0 Å². The molecule has 0 bridgehead atoms. The topological polar surface area (TPSA) is 64.4 Å². The van der Waals surface area contributed by atoms with Crippen molar-refractivity contribution in [2.45, 2.75) is 26.1 Å². The van der Waals surface area contributed by atoms with E-state index in [4.69, 9.17) is 11.5 Å². The van der Waals surface area contributed by atoms with E-state index in [0.717, 1.165) is 6.08 Å². The van der Waals surface area contributed by atoms with Crippen LogP contribution in [-0.4, -0.2) is 18.1 Å². The number of aliphatic imine (C=N–C) groups is 1. The molecule has 0 radical (unpaired) electrons. The third kappa shape index (κ3) is 5.21. The van der Waals surface area contributed by atoms with Crippen LogP contribution in [0.25, 0.3) is 0 Å². The van der Waals surface area contributed by atoms with Crippen molar-refractivity contribution in [1.29, 1.82) is 0 Å². The molecule has 0 rings (SSSR count). The molecule has 1 unspecified atom stereocenters. The minimum atomic E-state index is -4.53. The highest BCUT2D eigenvalue weighted by Gasteiger charge is 2.33. The number of hydrogen-bond donors (Lipinski definition) is 2. The van der Waals surface area contributed by atoms with E-state index in [1.54, 1.807) is 6.92 Å². The Labute approximate surface area is 86.4 Å². The third-order valence-corrected chi connectivity index (χ3v) is 1.45. The van der Waals surface area contributed by atoms with Gasteiger partial charge in [-0.1, -0.05) is 12.2 Å².